The van der Waals surface area contributed by atoms with Crippen LogP contribution >= 0.6 is 0 Å². The van der Waals surface area contributed by atoms with Crippen LogP contribution < -0.4 is 10.1 Å². The number of nitrogens with one attached hydrogen (secondary N) is 1. The largest absolute Gasteiger partial charge is 0.484 e. The van der Waals surface area contributed by atoms with Crippen molar-refractivity contribution < 1.29 is 14.1 Å². The molecule has 2 heterocycles. The number of rotatable bonds is 6. The summed E-state index contributed by atoms with van der Waals surface area (Å²) in [7, 11) is 0. The van der Waals surface area contributed by atoms with Gasteiger partial charge in [-0.05, 0) is 43.3 Å². The van der Waals surface area contributed by atoms with Gasteiger partial charge in [0.05, 0.1) is 11.3 Å². The molecule has 4 rings (SSSR count). The van der Waals surface area contributed by atoms with Crippen molar-refractivity contribution in [2.45, 2.75) is 6.92 Å². The summed E-state index contributed by atoms with van der Waals surface area (Å²) in [6, 6.07) is 18.3. The number of aryl methyl sites for hydroxylation is 1. The molecule has 1 N–H and O–H groups in total. The molecule has 7 heteroatoms. The molecule has 0 atom stereocenters. The zero-order chi connectivity index (χ0) is 20.1. The summed E-state index contributed by atoms with van der Waals surface area (Å²) in [6.45, 7) is 1.88. The molecular weight excluding hydrogens is 368 g/mol. The molecule has 7 nitrogen and oxygen atoms in total. The van der Waals surface area contributed by atoms with Crippen LogP contribution in [0.15, 0.2) is 77.6 Å². The predicted octanol–water partition coefficient (Wildman–Crippen LogP) is 4.12. The van der Waals surface area contributed by atoms with Crippen LogP contribution in [0.2, 0.25) is 0 Å². The Morgan fingerprint density at radius 3 is 2.59 bits per heavy atom. The minimum absolute atomic E-state index is 0.108. The highest BCUT2D eigenvalue weighted by Gasteiger charge is 2.15. The van der Waals surface area contributed by atoms with Gasteiger partial charge in [0.15, 0.2) is 6.61 Å². The van der Waals surface area contributed by atoms with Crippen molar-refractivity contribution in [3.05, 3.63) is 78.6 Å². The first-order chi connectivity index (χ1) is 14.2. The molecule has 29 heavy (non-hydrogen) atoms. The summed E-state index contributed by atoms with van der Waals surface area (Å²) in [6.07, 6.45) is 3.32. The number of carbonyl (C=O) groups excluding carboxylic acids is 1. The summed E-state index contributed by atoms with van der Waals surface area (Å²) in [5, 5.41) is 6.85. The topological polar surface area (TPSA) is 90.1 Å². The molecule has 0 bridgehead atoms. The summed E-state index contributed by atoms with van der Waals surface area (Å²) in [5.41, 5.74) is 3.11. The number of hydrogen-bond donors (Lipinski definition) is 1. The molecule has 0 aliphatic carbocycles. The Balaban J connectivity index is 1.48. The third-order valence-corrected chi connectivity index (χ3v) is 4.19. The molecule has 2 aromatic carbocycles. The van der Waals surface area contributed by atoms with Gasteiger partial charge in [0.2, 0.25) is 5.82 Å². The van der Waals surface area contributed by atoms with E-state index in [1.807, 2.05) is 43.3 Å². The summed E-state index contributed by atoms with van der Waals surface area (Å²) >= 11 is 0. The average molecular weight is 386 g/mol. The first-order valence-corrected chi connectivity index (χ1v) is 9.02. The lowest BCUT2D eigenvalue weighted by Crippen LogP contribution is -2.20. The van der Waals surface area contributed by atoms with Crippen LogP contribution in [-0.4, -0.2) is 27.6 Å². The van der Waals surface area contributed by atoms with Gasteiger partial charge in [-0.1, -0.05) is 35.0 Å². The predicted molar refractivity (Wildman–Crippen MR) is 108 cm³/mol. The minimum Gasteiger partial charge on any atom is -0.484 e. The van der Waals surface area contributed by atoms with Gasteiger partial charge in [0.1, 0.15) is 5.75 Å². The lowest BCUT2D eigenvalue weighted by molar-refractivity contribution is -0.118. The number of carbonyl (C=O) groups is 1. The second-order valence-electron chi connectivity index (χ2n) is 6.35. The van der Waals surface area contributed by atoms with Crippen molar-refractivity contribution in [3.8, 4) is 28.6 Å². The van der Waals surface area contributed by atoms with Gasteiger partial charge in [-0.2, -0.15) is 4.98 Å². The average Bonchev–Trinajstić information content (AvgIpc) is 3.24. The Hall–Kier alpha value is -4.00. The number of hydrogen-bond acceptors (Lipinski definition) is 6. The fourth-order valence-corrected chi connectivity index (χ4v) is 2.70. The number of ether oxygens (including phenoxy) is 1. The van der Waals surface area contributed by atoms with Crippen LogP contribution in [0.5, 0.6) is 5.75 Å². The normalized spacial score (nSPS) is 10.5. The highest BCUT2D eigenvalue weighted by atomic mass is 16.5. The quantitative estimate of drug-likeness (QED) is 0.536. The number of anilines is 1. The number of para-hydroxylation sites is 1. The van der Waals surface area contributed by atoms with Crippen LogP contribution in [0.25, 0.3) is 22.8 Å². The number of nitrogens with zero attached hydrogens (tertiary/aromatic N) is 3. The lowest BCUT2D eigenvalue weighted by atomic mass is 10.1. The van der Waals surface area contributed by atoms with E-state index in [2.05, 4.69) is 20.4 Å². The Kier molecular flexibility index (Phi) is 5.29. The van der Waals surface area contributed by atoms with E-state index in [-0.39, 0.29) is 12.5 Å². The van der Waals surface area contributed by atoms with Gasteiger partial charge in [-0.15, -0.1) is 0 Å². The second kappa shape index (κ2) is 8.35. The highest BCUT2D eigenvalue weighted by Crippen LogP contribution is 2.28. The van der Waals surface area contributed by atoms with Crippen LogP contribution in [0.4, 0.5) is 5.69 Å². The third kappa shape index (κ3) is 4.47. The van der Waals surface area contributed by atoms with Gasteiger partial charge in [0, 0.05) is 18.0 Å². The Labute approximate surface area is 167 Å². The summed E-state index contributed by atoms with van der Waals surface area (Å²) in [4.78, 5) is 20.8. The molecule has 0 aliphatic heterocycles. The number of amides is 1. The summed E-state index contributed by atoms with van der Waals surface area (Å²) in [5.74, 6) is 1.11. The van der Waals surface area contributed by atoms with E-state index < -0.39 is 0 Å². The van der Waals surface area contributed by atoms with Gasteiger partial charge in [-0.3, -0.25) is 9.78 Å². The van der Waals surface area contributed by atoms with Crippen LogP contribution in [0.1, 0.15) is 5.56 Å². The standard InChI is InChI=1S/C22H18N4O3/c1-15-6-8-17(9-7-15)28-14-20(27)24-19-5-3-2-4-18(19)22-25-21(26-29-22)16-10-12-23-13-11-16/h2-13H,14H2,1H3,(H,24,27). The van der Waals surface area contributed by atoms with E-state index in [0.717, 1.165) is 11.1 Å². The molecule has 0 saturated carbocycles. The molecule has 2 aromatic heterocycles. The lowest BCUT2D eigenvalue weighted by Gasteiger charge is -2.10. The van der Waals surface area contributed by atoms with Crippen molar-refractivity contribution in [2.24, 2.45) is 0 Å². The molecule has 0 fully saturated rings. The van der Waals surface area contributed by atoms with E-state index in [4.69, 9.17) is 9.26 Å². The minimum atomic E-state index is -0.285. The second-order valence-corrected chi connectivity index (χ2v) is 6.35. The van der Waals surface area contributed by atoms with E-state index in [0.29, 0.717) is 28.7 Å². The number of benzene rings is 2. The molecule has 144 valence electrons. The van der Waals surface area contributed by atoms with Crippen LogP contribution in [0, 0.1) is 6.92 Å². The maximum atomic E-state index is 12.4. The zero-order valence-electron chi connectivity index (χ0n) is 15.7. The Morgan fingerprint density at radius 1 is 1.03 bits per heavy atom. The molecule has 4 aromatic rings. The van der Waals surface area contributed by atoms with Gasteiger partial charge in [0.25, 0.3) is 11.8 Å². The maximum absolute atomic E-state index is 12.4. The van der Waals surface area contributed by atoms with E-state index in [1.54, 1.807) is 36.7 Å². The van der Waals surface area contributed by atoms with E-state index in [1.165, 1.54) is 0 Å². The third-order valence-electron chi connectivity index (χ3n) is 4.19. The van der Waals surface area contributed by atoms with Gasteiger partial charge >= 0.3 is 0 Å². The molecule has 0 spiro atoms. The molecule has 0 unspecified atom stereocenters. The van der Waals surface area contributed by atoms with Crippen molar-refractivity contribution in [2.75, 3.05) is 11.9 Å². The Bertz CT molecular complexity index is 1110. The van der Waals surface area contributed by atoms with E-state index >= 15 is 0 Å². The first-order valence-electron chi connectivity index (χ1n) is 9.02. The zero-order valence-corrected chi connectivity index (χ0v) is 15.7. The van der Waals surface area contributed by atoms with Crippen LogP contribution in [-0.2, 0) is 4.79 Å². The maximum Gasteiger partial charge on any atom is 0.262 e. The van der Waals surface area contributed by atoms with Crippen molar-refractivity contribution in [1.29, 1.82) is 0 Å². The monoisotopic (exact) mass is 386 g/mol. The SMILES string of the molecule is Cc1ccc(OCC(=O)Nc2ccccc2-c2nc(-c3ccncc3)no2)cc1. The summed E-state index contributed by atoms with van der Waals surface area (Å²) < 4.78 is 10.9. The molecule has 0 saturated heterocycles. The smallest absolute Gasteiger partial charge is 0.262 e. The number of pyridine rings is 1. The van der Waals surface area contributed by atoms with Crippen LogP contribution in [0.3, 0.4) is 0 Å². The molecular formula is C22H18N4O3. The molecule has 0 aliphatic rings. The van der Waals surface area contributed by atoms with Crippen molar-refractivity contribution >= 4 is 11.6 Å². The molecule has 0 radical (unpaired) electrons. The number of aromatic nitrogens is 3. The van der Waals surface area contributed by atoms with Gasteiger partial charge in [-0.25, -0.2) is 0 Å². The fraction of sp³-hybridized carbons (Fsp3) is 0.0909. The molecule has 1 amide bonds. The van der Waals surface area contributed by atoms with Gasteiger partial charge < -0.3 is 14.6 Å². The Morgan fingerprint density at radius 2 is 1.79 bits per heavy atom. The highest BCUT2D eigenvalue weighted by molar-refractivity contribution is 5.95. The van der Waals surface area contributed by atoms with Crippen molar-refractivity contribution in [3.63, 3.8) is 0 Å². The fourth-order valence-electron chi connectivity index (χ4n) is 2.70. The van der Waals surface area contributed by atoms with E-state index in [9.17, 15) is 4.79 Å². The van der Waals surface area contributed by atoms with Crippen molar-refractivity contribution in [1.82, 2.24) is 15.1 Å². The first kappa shape index (κ1) is 18.4.